The maximum atomic E-state index is 12.8. The molecule has 0 radical (unpaired) electrons. The van der Waals surface area contributed by atoms with Crippen molar-refractivity contribution in [3.05, 3.63) is 52.9 Å². The van der Waals surface area contributed by atoms with Crippen LogP contribution in [0.4, 0.5) is 4.39 Å². The van der Waals surface area contributed by atoms with Gasteiger partial charge < -0.3 is 5.01 Å². The van der Waals surface area contributed by atoms with Crippen LogP contribution in [-0.2, 0) is 4.79 Å². The molecule has 1 aliphatic carbocycles. The molecule has 0 heterocycles. The normalized spacial score (nSPS) is 19.4. The van der Waals surface area contributed by atoms with Crippen LogP contribution in [0.25, 0.3) is 6.08 Å². The van der Waals surface area contributed by atoms with Crippen LogP contribution in [0, 0.1) is 5.82 Å². The number of hydrazone groups is 1. The Labute approximate surface area is 118 Å². The van der Waals surface area contributed by atoms with Crippen LogP contribution in [0.5, 0.6) is 0 Å². The second-order valence-corrected chi connectivity index (χ2v) is 4.85. The van der Waals surface area contributed by atoms with Gasteiger partial charge in [-0.25, -0.2) is 4.39 Å². The molecule has 0 bridgehead atoms. The molecule has 1 saturated carbocycles. The van der Waals surface area contributed by atoms with Gasteiger partial charge in [0.25, 0.3) is 0 Å². The topological polar surface area (TPSA) is 32.7 Å². The van der Waals surface area contributed by atoms with E-state index < -0.39 is 0 Å². The molecule has 1 aromatic carbocycles. The van der Waals surface area contributed by atoms with Gasteiger partial charge in [0.15, 0.2) is 5.78 Å². The number of halogens is 1. The molecule has 3 nitrogen and oxygen atoms in total. The van der Waals surface area contributed by atoms with Gasteiger partial charge in [0.1, 0.15) is 5.82 Å². The van der Waals surface area contributed by atoms with E-state index in [1.165, 1.54) is 12.1 Å². The maximum absolute atomic E-state index is 12.8. The summed E-state index contributed by atoms with van der Waals surface area (Å²) in [7, 11) is 3.65. The number of carbonyl (C=O) groups is 1. The standard InChI is InChI=1S/C16H17FN2O/c1-19(2)18-10-9-13-5-6-14(16(13)20)11-12-3-7-15(17)8-4-12/h3-4,7-11H,5-6H2,1-2H3/b13-9+,14-11+,18-10+. The van der Waals surface area contributed by atoms with Crippen molar-refractivity contribution in [1.29, 1.82) is 0 Å². The number of carbonyl (C=O) groups excluding carboxylic acids is 1. The van der Waals surface area contributed by atoms with E-state index in [2.05, 4.69) is 5.10 Å². The highest BCUT2D eigenvalue weighted by Crippen LogP contribution is 2.27. The lowest BCUT2D eigenvalue weighted by atomic mass is 10.1. The largest absolute Gasteiger partial charge is 0.303 e. The summed E-state index contributed by atoms with van der Waals surface area (Å²) in [5.41, 5.74) is 2.38. The van der Waals surface area contributed by atoms with Gasteiger partial charge in [0.05, 0.1) is 0 Å². The first-order valence-corrected chi connectivity index (χ1v) is 6.47. The molecule has 0 aromatic heterocycles. The summed E-state index contributed by atoms with van der Waals surface area (Å²) in [5.74, 6) is -0.218. The van der Waals surface area contributed by atoms with Crippen LogP contribution >= 0.6 is 0 Å². The van der Waals surface area contributed by atoms with Gasteiger partial charge in [-0.05, 0) is 42.7 Å². The minimum Gasteiger partial charge on any atom is -0.303 e. The maximum Gasteiger partial charge on any atom is 0.185 e. The van der Waals surface area contributed by atoms with Gasteiger partial charge in [-0.3, -0.25) is 4.79 Å². The second kappa shape index (κ2) is 6.28. The van der Waals surface area contributed by atoms with Crippen LogP contribution < -0.4 is 0 Å². The van der Waals surface area contributed by atoms with Crippen molar-refractivity contribution in [3.8, 4) is 0 Å². The smallest absolute Gasteiger partial charge is 0.185 e. The summed E-state index contributed by atoms with van der Waals surface area (Å²) >= 11 is 0. The van der Waals surface area contributed by atoms with Gasteiger partial charge in [-0.2, -0.15) is 5.10 Å². The van der Waals surface area contributed by atoms with Gasteiger partial charge >= 0.3 is 0 Å². The highest BCUT2D eigenvalue weighted by molar-refractivity contribution is 6.14. The molecule has 0 spiro atoms. The van der Waals surface area contributed by atoms with Crippen LogP contribution in [0.3, 0.4) is 0 Å². The summed E-state index contributed by atoms with van der Waals surface area (Å²) in [4.78, 5) is 12.2. The minimum atomic E-state index is -0.273. The molecular formula is C16H17FN2O. The zero-order valence-corrected chi connectivity index (χ0v) is 11.6. The molecule has 20 heavy (non-hydrogen) atoms. The SMILES string of the molecule is CN(C)/N=C/C=C1\CC/C(=C\c2ccc(F)cc2)C1=O. The average molecular weight is 272 g/mol. The number of Topliss-reactive ketones (excluding diaryl/α,β-unsaturated/α-hetero) is 1. The van der Waals surface area contributed by atoms with Crippen molar-refractivity contribution in [1.82, 2.24) is 5.01 Å². The second-order valence-electron chi connectivity index (χ2n) is 4.85. The number of nitrogens with zero attached hydrogens (tertiary/aromatic N) is 2. The Morgan fingerprint density at radius 1 is 1.15 bits per heavy atom. The lowest BCUT2D eigenvalue weighted by molar-refractivity contribution is -0.111. The number of rotatable bonds is 3. The van der Waals surface area contributed by atoms with Crippen molar-refractivity contribution in [2.45, 2.75) is 12.8 Å². The lowest BCUT2D eigenvalue weighted by Crippen LogP contribution is -2.01. The zero-order chi connectivity index (χ0) is 14.5. The van der Waals surface area contributed by atoms with E-state index in [4.69, 9.17) is 0 Å². The molecule has 1 aromatic rings. The molecule has 0 atom stereocenters. The Hall–Kier alpha value is -2.23. The van der Waals surface area contributed by atoms with Crippen LogP contribution in [0.15, 0.2) is 46.6 Å². The first-order chi connectivity index (χ1) is 9.56. The number of hydrogen-bond acceptors (Lipinski definition) is 3. The van der Waals surface area contributed by atoms with E-state index in [0.29, 0.717) is 0 Å². The number of hydrogen-bond donors (Lipinski definition) is 0. The van der Waals surface area contributed by atoms with Crippen molar-refractivity contribution in [3.63, 3.8) is 0 Å². The quantitative estimate of drug-likeness (QED) is 0.481. The van der Waals surface area contributed by atoms with Gasteiger partial charge in [-0.15, -0.1) is 0 Å². The van der Waals surface area contributed by atoms with E-state index >= 15 is 0 Å². The molecule has 0 N–H and O–H groups in total. The monoisotopic (exact) mass is 272 g/mol. The van der Waals surface area contributed by atoms with Crippen molar-refractivity contribution in [2.24, 2.45) is 5.10 Å². The highest BCUT2D eigenvalue weighted by Gasteiger charge is 2.22. The summed E-state index contributed by atoms with van der Waals surface area (Å²) in [5, 5.41) is 5.73. The Kier molecular flexibility index (Phi) is 4.45. The molecule has 0 amide bonds. The summed E-state index contributed by atoms with van der Waals surface area (Å²) in [6, 6.07) is 6.13. The highest BCUT2D eigenvalue weighted by atomic mass is 19.1. The van der Waals surface area contributed by atoms with Crippen molar-refractivity contribution >= 4 is 18.1 Å². The fourth-order valence-corrected chi connectivity index (χ4v) is 2.02. The van der Waals surface area contributed by atoms with E-state index in [1.54, 1.807) is 29.4 Å². The minimum absolute atomic E-state index is 0.0551. The van der Waals surface area contributed by atoms with E-state index in [0.717, 1.165) is 29.6 Å². The van der Waals surface area contributed by atoms with Gasteiger partial charge in [0, 0.05) is 31.5 Å². The van der Waals surface area contributed by atoms with Crippen LogP contribution in [0.1, 0.15) is 18.4 Å². The molecule has 1 aliphatic rings. The predicted molar refractivity (Wildman–Crippen MR) is 78.9 cm³/mol. The third-order valence-corrected chi connectivity index (χ3v) is 3.03. The summed E-state index contributed by atoms with van der Waals surface area (Å²) in [6.45, 7) is 0. The third-order valence-electron chi connectivity index (χ3n) is 3.03. The Morgan fingerprint density at radius 3 is 2.45 bits per heavy atom. The molecule has 104 valence electrons. The summed E-state index contributed by atoms with van der Waals surface area (Å²) < 4.78 is 12.8. The Morgan fingerprint density at radius 2 is 1.80 bits per heavy atom. The fourth-order valence-electron chi connectivity index (χ4n) is 2.02. The van der Waals surface area contributed by atoms with Crippen LogP contribution in [0.2, 0.25) is 0 Å². The van der Waals surface area contributed by atoms with Gasteiger partial charge in [-0.1, -0.05) is 12.1 Å². The lowest BCUT2D eigenvalue weighted by Gasteiger charge is -2.00. The first kappa shape index (κ1) is 14.2. The molecule has 0 aliphatic heterocycles. The molecule has 2 rings (SSSR count). The Bertz CT molecular complexity index is 583. The van der Waals surface area contributed by atoms with Crippen molar-refractivity contribution in [2.75, 3.05) is 14.1 Å². The van der Waals surface area contributed by atoms with Gasteiger partial charge in [0.2, 0.25) is 0 Å². The number of ketones is 1. The predicted octanol–water partition coefficient (Wildman–Crippen LogP) is 3.05. The van der Waals surface area contributed by atoms with Crippen LogP contribution in [-0.4, -0.2) is 31.1 Å². The van der Waals surface area contributed by atoms with E-state index in [1.807, 2.05) is 20.2 Å². The Balaban J connectivity index is 2.13. The number of benzene rings is 1. The molecule has 0 unspecified atom stereocenters. The average Bonchev–Trinajstić information content (AvgIpc) is 2.74. The fraction of sp³-hybridized carbons (Fsp3) is 0.250. The zero-order valence-electron chi connectivity index (χ0n) is 11.6. The molecule has 0 saturated heterocycles. The third kappa shape index (κ3) is 3.63. The first-order valence-electron chi connectivity index (χ1n) is 6.47. The molecule has 4 heteroatoms. The van der Waals surface area contributed by atoms with E-state index in [9.17, 15) is 9.18 Å². The summed E-state index contributed by atoms with van der Waals surface area (Å²) in [6.07, 6.45) is 6.66. The molecular weight excluding hydrogens is 255 g/mol. The number of allylic oxidation sites excluding steroid dienone is 3. The van der Waals surface area contributed by atoms with E-state index in [-0.39, 0.29) is 11.6 Å². The van der Waals surface area contributed by atoms with Crippen molar-refractivity contribution < 1.29 is 9.18 Å². The molecule has 1 fully saturated rings.